The standard InChI is InChI=1S/C18H18O4/c1-20-15-8-6-14(7-9-15)16(19)10-4-13-5-11-17(21-2)18(12-13)22-3/h4-12H,1-3H3/b10-4+. The number of allylic oxidation sites excluding steroid dienone is 1. The lowest BCUT2D eigenvalue weighted by atomic mass is 10.1. The maximum absolute atomic E-state index is 12.1. The summed E-state index contributed by atoms with van der Waals surface area (Å²) in [4.78, 5) is 12.1. The van der Waals surface area contributed by atoms with Gasteiger partial charge in [-0.1, -0.05) is 12.1 Å². The van der Waals surface area contributed by atoms with Crippen molar-refractivity contribution in [2.24, 2.45) is 0 Å². The molecule has 0 fully saturated rings. The number of hydrogen-bond acceptors (Lipinski definition) is 4. The molecule has 114 valence electrons. The lowest BCUT2D eigenvalue weighted by Gasteiger charge is -2.07. The molecule has 0 saturated carbocycles. The molecule has 22 heavy (non-hydrogen) atoms. The van der Waals surface area contributed by atoms with Crippen molar-refractivity contribution in [3.05, 3.63) is 59.7 Å². The van der Waals surface area contributed by atoms with Crippen molar-refractivity contribution in [1.29, 1.82) is 0 Å². The van der Waals surface area contributed by atoms with Gasteiger partial charge < -0.3 is 14.2 Å². The minimum atomic E-state index is -0.0718. The van der Waals surface area contributed by atoms with Crippen molar-refractivity contribution in [2.75, 3.05) is 21.3 Å². The van der Waals surface area contributed by atoms with Gasteiger partial charge in [0.25, 0.3) is 0 Å². The molecule has 0 spiro atoms. The van der Waals surface area contributed by atoms with Crippen LogP contribution in [0.2, 0.25) is 0 Å². The number of methoxy groups -OCH3 is 3. The second-order valence-electron chi connectivity index (χ2n) is 4.54. The number of rotatable bonds is 6. The molecule has 0 aliphatic rings. The fourth-order valence-electron chi connectivity index (χ4n) is 1.98. The summed E-state index contributed by atoms with van der Waals surface area (Å²) in [6, 6.07) is 12.5. The van der Waals surface area contributed by atoms with Crippen LogP contribution < -0.4 is 14.2 Å². The van der Waals surface area contributed by atoms with E-state index in [1.165, 1.54) is 6.08 Å². The van der Waals surface area contributed by atoms with Crippen LogP contribution in [0.1, 0.15) is 15.9 Å². The summed E-state index contributed by atoms with van der Waals surface area (Å²) in [7, 11) is 4.75. The van der Waals surface area contributed by atoms with Crippen molar-refractivity contribution >= 4 is 11.9 Å². The van der Waals surface area contributed by atoms with Gasteiger partial charge in [-0.15, -0.1) is 0 Å². The Balaban J connectivity index is 2.14. The number of benzene rings is 2. The van der Waals surface area contributed by atoms with E-state index < -0.39 is 0 Å². The van der Waals surface area contributed by atoms with Gasteiger partial charge >= 0.3 is 0 Å². The van der Waals surface area contributed by atoms with Gasteiger partial charge in [0.05, 0.1) is 21.3 Å². The Morgan fingerprint density at radius 1 is 0.864 bits per heavy atom. The van der Waals surface area contributed by atoms with Gasteiger partial charge in [0.1, 0.15) is 5.75 Å². The van der Waals surface area contributed by atoms with Crippen LogP contribution in [0, 0.1) is 0 Å². The largest absolute Gasteiger partial charge is 0.497 e. The van der Waals surface area contributed by atoms with E-state index in [4.69, 9.17) is 14.2 Å². The molecule has 0 radical (unpaired) electrons. The van der Waals surface area contributed by atoms with Crippen LogP contribution in [0.5, 0.6) is 17.2 Å². The van der Waals surface area contributed by atoms with Crippen molar-refractivity contribution in [3.8, 4) is 17.2 Å². The summed E-state index contributed by atoms with van der Waals surface area (Å²) in [5, 5.41) is 0. The van der Waals surface area contributed by atoms with Crippen LogP contribution in [0.3, 0.4) is 0 Å². The van der Waals surface area contributed by atoms with E-state index in [9.17, 15) is 4.79 Å². The first-order valence-corrected chi connectivity index (χ1v) is 6.76. The maximum atomic E-state index is 12.1. The van der Waals surface area contributed by atoms with Gasteiger partial charge in [0, 0.05) is 5.56 Å². The molecule has 0 amide bonds. The van der Waals surface area contributed by atoms with Crippen LogP contribution in [0.15, 0.2) is 48.5 Å². The van der Waals surface area contributed by atoms with E-state index >= 15 is 0 Å². The molecular weight excluding hydrogens is 280 g/mol. The third-order valence-corrected chi connectivity index (χ3v) is 3.21. The van der Waals surface area contributed by atoms with Crippen molar-refractivity contribution in [2.45, 2.75) is 0 Å². The van der Waals surface area contributed by atoms with Crippen LogP contribution in [-0.2, 0) is 0 Å². The zero-order valence-electron chi connectivity index (χ0n) is 12.8. The van der Waals surface area contributed by atoms with Crippen LogP contribution in [-0.4, -0.2) is 27.1 Å². The first-order chi connectivity index (χ1) is 10.7. The predicted molar refractivity (Wildman–Crippen MR) is 85.9 cm³/mol. The Labute approximate surface area is 129 Å². The SMILES string of the molecule is COc1ccc(C(=O)/C=C/c2ccc(OC)c(OC)c2)cc1. The van der Waals surface area contributed by atoms with Gasteiger partial charge in [-0.05, 0) is 48.0 Å². The summed E-state index contributed by atoms with van der Waals surface area (Å²) in [6.07, 6.45) is 3.28. The first kappa shape index (κ1) is 15.6. The van der Waals surface area contributed by atoms with E-state index in [0.29, 0.717) is 17.1 Å². The average Bonchev–Trinajstić information content (AvgIpc) is 2.59. The van der Waals surface area contributed by atoms with Crippen LogP contribution >= 0.6 is 0 Å². The third-order valence-electron chi connectivity index (χ3n) is 3.21. The molecule has 0 aliphatic heterocycles. The number of hydrogen-bond donors (Lipinski definition) is 0. The number of carbonyl (C=O) groups excluding carboxylic acids is 1. The van der Waals surface area contributed by atoms with Crippen LogP contribution in [0.4, 0.5) is 0 Å². The fourth-order valence-corrected chi connectivity index (χ4v) is 1.98. The quantitative estimate of drug-likeness (QED) is 0.603. The smallest absolute Gasteiger partial charge is 0.185 e. The highest BCUT2D eigenvalue weighted by atomic mass is 16.5. The monoisotopic (exact) mass is 298 g/mol. The lowest BCUT2D eigenvalue weighted by molar-refractivity contribution is 0.104. The Morgan fingerprint density at radius 2 is 1.55 bits per heavy atom. The van der Waals surface area contributed by atoms with Gasteiger partial charge in [-0.3, -0.25) is 4.79 Å². The van der Waals surface area contributed by atoms with E-state index in [-0.39, 0.29) is 5.78 Å². The molecule has 4 heteroatoms. The summed E-state index contributed by atoms with van der Waals surface area (Å²) in [6.45, 7) is 0. The molecular formula is C18H18O4. The maximum Gasteiger partial charge on any atom is 0.185 e. The van der Waals surface area contributed by atoms with E-state index in [2.05, 4.69) is 0 Å². The normalized spacial score (nSPS) is 10.5. The highest BCUT2D eigenvalue weighted by Crippen LogP contribution is 2.28. The van der Waals surface area contributed by atoms with Gasteiger partial charge in [0.15, 0.2) is 17.3 Å². The van der Waals surface area contributed by atoms with Crippen molar-refractivity contribution in [1.82, 2.24) is 0 Å². The number of carbonyl (C=O) groups is 1. The second kappa shape index (κ2) is 7.31. The Morgan fingerprint density at radius 3 is 2.14 bits per heavy atom. The summed E-state index contributed by atoms with van der Waals surface area (Å²) in [5.41, 5.74) is 1.47. The fraction of sp³-hybridized carbons (Fsp3) is 0.167. The van der Waals surface area contributed by atoms with Crippen molar-refractivity contribution < 1.29 is 19.0 Å². The van der Waals surface area contributed by atoms with E-state index in [1.807, 2.05) is 12.1 Å². The van der Waals surface area contributed by atoms with Gasteiger partial charge in [0.2, 0.25) is 0 Å². The molecule has 0 unspecified atom stereocenters. The zero-order chi connectivity index (χ0) is 15.9. The molecule has 4 nitrogen and oxygen atoms in total. The number of ketones is 1. The van der Waals surface area contributed by atoms with E-state index in [1.54, 1.807) is 57.7 Å². The number of ether oxygens (including phenoxy) is 3. The molecule has 2 aromatic rings. The first-order valence-electron chi connectivity index (χ1n) is 6.76. The topological polar surface area (TPSA) is 44.8 Å². The Bertz CT molecular complexity index is 672. The summed E-state index contributed by atoms with van der Waals surface area (Å²) < 4.78 is 15.5. The minimum absolute atomic E-state index is 0.0718. The summed E-state index contributed by atoms with van der Waals surface area (Å²) in [5.74, 6) is 1.93. The molecule has 0 N–H and O–H groups in total. The highest BCUT2D eigenvalue weighted by molar-refractivity contribution is 6.06. The zero-order valence-corrected chi connectivity index (χ0v) is 12.8. The Kier molecular flexibility index (Phi) is 5.20. The lowest BCUT2D eigenvalue weighted by Crippen LogP contribution is -1.94. The highest BCUT2D eigenvalue weighted by Gasteiger charge is 2.04. The third kappa shape index (κ3) is 3.67. The van der Waals surface area contributed by atoms with E-state index in [0.717, 1.165) is 11.3 Å². The minimum Gasteiger partial charge on any atom is -0.497 e. The molecule has 0 aromatic heterocycles. The molecule has 0 heterocycles. The molecule has 0 atom stereocenters. The average molecular weight is 298 g/mol. The molecule has 0 saturated heterocycles. The molecule has 0 bridgehead atoms. The van der Waals surface area contributed by atoms with Gasteiger partial charge in [-0.25, -0.2) is 0 Å². The molecule has 2 aromatic carbocycles. The van der Waals surface area contributed by atoms with Crippen molar-refractivity contribution in [3.63, 3.8) is 0 Å². The second-order valence-corrected chi connectivity index (χ2v) is 4.54. The molecule has 2 rings (SSSR count). The summed E-state index contributed by atoms with van der Waals surface area (Å²) >= 11 is 0. The predicted octanol–water partition coefficient (Wildman–Crippen LogP) is 3.61. The molecule has 0 aliphatic carbocycles. The van der Waals surface area contributed by atoms with Gasteiger partial charge in [-0.2, -0.15) is 0 Å². The Hall–Kier alpha value is -2.75. The van der Waals surface area contributed by atoms with Crippen LogP contribution in [0.25, 0.3) is 6.08 Å².